The molecule has 18 heavy (non-hydrogen) atoms. The Labute approximate surface area is 112 Å². The number of carbonyl (C=O) groups excluding carboxylic acids is 1. The molecule has 3 unspecified atom stereocenters. The van der Waals surface area contributed by atoms with Gasteiger partial charge < -0.3 is 4.90 Å². The summed E-state index contributed by atoms with van der Waals surface area (Å²) in [4.78, 5) is 17.0. The molecule has 3 heteroatoms. The Hall–Kier alpha value is -0.570. The van der Waals surface area contributed by atoms with E-state index in [0.29, 0.717) is 30.6 Å². The predicted octanol–water partition coefficient (Wildman–Crippen LogP) is 2.65. The average Bonchev–Trinajstić information content (AvgIpc) is 2.32. The van der Waals surface area contributed by atoms with Crippen LogP contribution in [0.2, 0.25) is 0 Å². The SMILES string of the molecule is CC1CCCCN1CC(=O)N1C(C)CCCC1C. The number of rotatable bonds is 2. The van der Waals surface area contributed by atoms with Crippen LogP contribution in [0.1, 0.15) is 59.3 Å². The minimum Gasteiger partial charge on any atom is -0.336 e. The molecule has 2 heterocycles. The third-order valence-corrected chi connectivity index (χ3v) is 4.76. The number of hydrogen-bond donors (Lipinski definition) is 0. The molecule has 1 amide bonds. The van der Waals surface area contributed by atoms with E-state index in [4.69, 9.17) is 0 Å². The van der Waals surface area contributed by atoms with Crippen molar-refractivity contribution < 1.29 is 4.79 Å². The van der Waals surface area contributed by atoms with Gasteiger partial charge in [-0.05, 0) is 59.4 Å². The quantitative estimate of drug-likeness (QED) is 0.754. The summed E-state index contributed by atoms with van der Waals surface area (Å²) in [5.74, 6) is 0.350. The zero-order valence-corrected chi connectivity index (χ0v) is 12.2. The van der Waals surface area contributed by atoms with Crippen LogP contribution in [0.3, 0.4) is 0 Å². The van der Waals surface area contributed by atoms with E-state index in [-0.39, 0.29) is 0 Å². The molecule has 0 aromatic heterocycles. The molecule has 0 aliphatic carbocycles. The molecule has 0 spiro atoms. The van der Waals surface area contributed by atoms with Gasteiger partial charge in [0.2, 0.25) is 5.91 Å². The molecule has 0 aromatic rings. The summed E-state index contributed by atoms with van der Waals surface area (Å²) in [5, 5.41) is 0. The third kappa shape index (κ3) is 3.05. The minimum absolute atomic E-state index is 0.350. The number of piperidine rings is 2. The van der Waals surface area contributed by atoms with Crippen LogP contribution in [0, 0.1) is 0 Å². The van der Waals surface area contributed by atoms with Gasteiger partial charge in [-0.1, -0.05) is 6.42 Å². The maximum absolute atomic E-state index is 12.5. The number of amides is 1. The number of carbonyl (C=O) groups is 1. The van der Waals surface area contributed by atoms with E-state index in [9.17, 15) is 4.79 Å². The first-order valence-corrected chi connectivity index (χ1v) is 7.65. The van der Waals surface area contributed by atoms with Crippen LogP contribution >= 0.6 is 0 Å². The molecule has 0 bridgehead atoms. The highest BCUT2D eigenvalue weighted by Crippen LogP contribution is 2.23. The highest BCUT2D eigenvalue weighted by Gasteiger charge is 2.31. The first-order chi connectivity index (χ1) is 8.59. The summed E-state index contributed by atoms with van der Waals surface area (Å²) in [7, 11) is 0. The lowest BCUT2D eigenvalue weighted by Gasteiger charge is -2.41. The Kier molecular flexibility index (Phi) is 4.66. The van der Waals surface area contributed by atoms with Crippen molar-refractivity contribution in [2.24, 2.45) is 0 Å². The van der Waals surface area contributed by atoms with Gasteiger partial charge >= 0.3 is 0 Å². The van der Waals surface area contributed by atoms with Gasteiger partial charge in [-0.25, -0.2) is 0 Å². The monoisotopic (exact) mass is 252 g/mol. The topological polar surface area (TPSA) is 23.6 Å². The second kappa shape index (κ2) is 6.05. The van der Waals surface area contributed by atoms with E-state index in [2.05, 4.69) is 30.6 Å². The molecule has 2 aliphatic heterocycles. The molecular weight excluding hydrogens is 224 g/mol. The molecule has 2 rings (SSSR count). The number of hydrogen-bond acceptors (Lipinski definition) is 2. The Morgan fingerprint density at radius 3 is 2.17 bits per heavy atom. The summed E-state index contributed by atoms with van der Waals surface area (Å²) < 4.78 is 0. The summed E-state index contributed by atoms with van der Waals surface area (Å²) in [6.45, 7) is 8.40. The average molecular weight is 252 g/mol. The summed E-state index contributed by atoms with van der Waals surface area (Å²) in [5.41, 5.74) is 0. The molecule has 0 radical (unpaired) electrons. The maximum Gasteiger partial charge on any atom is 0.237 e. The molecular formula is C15H28N2O. The van der Waals surface area contributed by atoms with Crippen molar-refractivity contribution in [2.45, 2.75) is 77.4 Å². The molecule has 104 valence electrons. The highest BCUT2D eigenvalue weighted by molar-refractivity contribution is 5.79. The van der Waals surface area contributed by atoms with Crippen molar-refractivity contribution >= 4 is 5.91 Å². The van der Waals surface area contributed by atoms with E-state index in [1.54, 1.807) is 0 Å². The van der Waals surface area contributed by atoms with Gasteiger partial charge in [0, 0.05) is 18.1 Å². The fraction of sp³-hybridized carbons (Fsp3) is 0.933. The van der Waals surface area contributed by atoms with Crippen LogP contribution in [0.25, 0.3) is 0 Å². The third-order valence-electron chi connectivity index (χ3n) is 4.76. The van der Waals surface area contributed by atoms with Gasteiger partial charge in [0.25, 0.3) is 0 Å². The first kappa shape index (κ1) is 13.9. The molecule has 0 aromatic carbocycles. The van der Waals surface area contributed by atoms with Crippen molar-refractivity contribution in [2.75, 3.05) is 13.1 Å². The maximum atomic E-state index is 12.5. The summed E-state index contributed by atoms with van der Waals surface area (Å²) in [6.07, 6.45) is 7.44. The fourth-order valence-electron chi connectivity index (χ4n) is 3.56. The highest BCUT2D eigenvalue weighted by atomic mass is 16.2. The minimum atomic E-state index is 0.350. The molecule has 2 saturated heterocycles. The summed E-state index contributed by atoms with van der Waals surface area (Å²) in [6, 6.07) is 1.45. The number of likely N-dealkylation sites (tertiary alicyclic amines) is 2. The van der Waals surface area contributed by atoms with E-state index in [1.165, 1.54) is 38.5 Å². The fourth-order valence-corrected chi connectivity index (χ4v) is 3.56. The Morgan fingerprint density at radius 2 is 1.56 bits per heavy atom. The van der Waals surface area contributed by atoms with Crippen molar-refractivity contribution in [3.63, 3.8) is 0 Å². The molecule has 2 aliphatic rings. The largest absolute Gasteiger partial charge is 0.336 e. The summed E-state index contributed by atoms with van der Waals surface area (Å²) >= 11 is 0. The molecule has 3 nitrogen and oxygen atoms in total. The van der Waals surface area contributed by atoms with Crippen molar-refractivity contribution in [1.82, 2.24) is 9.80 Å². The lowest BCUT2D eigenvalue weighted by molar-refractivity contribution is -0.139. The van der Waals surface area contributed by atoms with E-state index in [1.807, 2.05) is 0 Å². The normalized spacial score (nSPS) is 34.6. The van der Waals surface area contributed by atoms with E-state index >= 15 is 0 Å². The van der Waals surface area contributed by atoms with Crippen LogP contribution in [-0.2, 0) is 4.79 Å². The number of nitrogens with zero attached hydrogens (tertiary/aromatic N) is 2. The smallest absolute Gasteiger partial charge is 0.237 e. The molecule has 3 atom stereocenters. The van der Waals surface area contributed by atoms with Crippen molar-refractivity contribution in [3.05, 3.63) is 0 Å². The lowest BCUT2D eigenvalue weighted by atomic mass is 9.97. The van der Waals surface area contributed by atoms with Crippen LogP contribution < -0.4 is 0 Å². The van der Waals surface area contributed by atoms with Gasteiger partial charge in [0.1, 0.15) is 0 Å². The lowest BCUT2D eigenvalue weighted by Crippen LogP contribution is -2.52. The molecule has 0 N–H and O–H groups in total. The van der Waals surface area contributed by atoms with Gasteiger partial charge in [0.15, 0.2) is 0 Å². The van der Waals surface area contributed by atoms with Crippen LogP contribution in [0.15, 0.2) is 0 Å². The second-order valence-corrected chi connectivity index (χ2v) is 6.25. The van der Waals surface area contributed by atoms with Gasteiger partial charge in [-0.2, -0.15) is 0 Å². The van der Waals surface area contributed by atoms with Crippen molar-refractivity contribution in [1.29, 1.82) is 0 Å². The Bertz CT molecular complexity index is 282. The van der Waals surface area contributed by atoms with Gasteiger partial charge in [-0.3, -0.25) is 9.69 Å². The van der Waals surface area contributed by atoms with Crippen LogP contribution in [-0.4, -0.2) is 46.9 Å². The van der Waals surface area contributed by atoms with Crippen molar-refractivity contribution in [3.8, 4) is 0 Å². The Balaban J connectivity index is 1.93. The predicted molar refractivity (Wildman–Crippen MR) is 74.5 cm³/mol. The standard InChI is InChI=1S/C15H28N2O/c1-12-7-4-5-10-16(12)11-15(18)17-13(2)8-6-9-14(17)3/h12-14H,4-11H2,1-3H3. The molecule has 2 fully saturated rings. The second-order valence-electron chi connectivity index (χ2n) is 6.25. The Morgan fingerprint density at radius 1 is 0.944 bits per heavy atom. The van der Waals surface area contributed by atoms with Crippen LogP contribution in [0.4, 0.5) is 0 Å². The van der Waals surface area contributed by atoms with E-state index < -0.39 is 0 Å². The van der Waals surface area contributed by atoms with E-state index in [0.717, 1.165) is 6.54 Å². The van der Waals surface area contributed by atoms with Crippen LogP contribution in [0.5, 0.6) is 0 Å². The van der Waals surface area contributed by atoms with Gasteiger partial charge in [0.05, 0.1) is 6.54 Å². The molecule has 0 saturated carbocycles. The zero-order chi connectivity index (χ0) is 13.1. The zero-order valence-electron chi connectivity index (χ0n) is 12.2. The first-order valence-electron chi connectivity index (χ1n) is 7.65. The van der Waals surface area contributed by atoms with Gasteiger partial charge in [-0.15, -0.1) is 0 Å².